The predicted molar refractivity (Wildman–Crippen MR) is 94.0 cm³/mol. The van der Waals surface area contributed by atoms with Gasteiger partial charge in [0.15, 0.2) is 5.78 Å². The molecule has 0 unspecified atom stereocenters. The maximum absolute atomic E-state index is 12.2. The second kappa shape index (κ2) is 7.25. The van der Waals surface area contributed by atoms with Gasteiger partial charge in [-0.3, -0.25) is 4.79 Å². The molecule has 3 rings (SSSR count). The Morgan fingerprint density at radius 3 is 2.43 bits per heavy atom. The van der Waals surface area contributed by atoms with Crippen molar-refractivity contribution in [2.45, 2.75) is 6.92 Å². The van der Waals surface area contributed by atoms with Crippen molar-refractivity contribution in [2.24, 2.45) is 0 Å². The predicted octanol–water partition coefficient (Wildman–Crippen LogP) is 3.73. The van der Waals surface area contributed by atoms with Crippen molar-refractivity contribution in [1.82, 2.24) is 0 Å². The van der Waals surface area contributed by atoms with E-state index in [0.717, 1.165) is 43.0 Å². The lowest BCUT2D eigenvalue weighted by atomic mass is 10.0. The van der Waals surface area contributed by atoms with E-state index >= 15 is 0 Å². The van der Waals surface area contributed by atoms with Crippen LogP contribution in [0.3, 0.4) is 0 Å². The van der Waals surface area contributed by atoms with Gasteiger partial charge in [-0.25, -0.2) is 0 Å². The molecular weight excluding hydrogens is 286 g/mol. The van der Waals surface area contributed by atoms with Crippen molar-refractivity contribution in [3.05, 3.63) is 71.3 Å². The fourth-order valence-electron chi connectivity index (χ4n) is 2.73. The first-order valence-electron chi connectivity index (χ1n) is 7.95. The number of anilines is 1. The zero-order chi connectivity index (χ0) is 16.1. The number of allylic oxidation sites excluding steroid dienone is 1. The third kappa shape index (κ3) is 3.88. The third-order valence-corrected chi connectivity index (χ3v) is 4.11. The average Bonchev–Trinajstić information content (AvgIpc) is 2.61. The SMILES string of the molecule is Cc1ccccc1C(=O)/C=C/c1ccc(N2CCOCC2)cc1. The van der Waals surface area contributed by atoms with E-state index in [2.05, 4.69) is 17.0 Å². The van der Waals surface area contributed by atoms with E-state index in [1.165, 1.54) is 5.69 Å². The van der Waals surface area contributed by atoms with Crippen LogP contribution in [-0.4, -0.2) is 32.1 Å². The maximum atomic E-state index is 12.2. The maximum Gasteiger partial charge on any atom is 0.186 e. The van der Waals surface area contributed by atoms with E-state index in [1.54, 1.807) is 6.08 Å². The van der Waals surface area contributed by atoms with Crippen molar-refractivity contribution in [3.63, 3.8) is 0 Å². The fourth-order valence-corrected chi connectivity index (χ4v) is 2.73. The van der Waals surface area contributed by atoms with E-state index < -0.39 is 0 Å². The minimum atomic E-state index is 0.0420. The van der Waals surface area contributed by atoms with Gasteiger partial charge >= 0.3 is 0 Å². The number of carbonyl (C=O) groups is 1. The Kier molecular flexibility index (Phi) is 4.89. The van der Waals surface area contributed by atoms with Gasteiger partial charge in [0, 0.05) is 24.3 Å². The van der Waals surface area contributed by atoms with E-state index in [0.29, 0.717) is 0 Å². The summed E-state index contributed by atoms with van der Waals surface area (Å²) in [6.07, 6.45) is 3.52. The van der Waals surface area contributed by atoms with E-state index in [9.17, 15) is 4.79 Å². The molecule has 23 heavy (non-hydrogen) atoms. The first kappa shape index (κ1) is 15.5. The smallest absolute Gasteiger partial charge is 0.186 e. The van der Waals surface area contributed by atoms with Gasteiger partial charge < -0.3 is 9.64 Å². The lowest BCUT2D eigenvalue weighted by Crippen LogP contribution is -2.36. The summed E-state index contributed by atoms with van der Waals surface area (Å²) in [6, 6.07) is 16.0. The van der Waals surface area contributed by atoms with Crippen LogP contribution in [0.25, 0.3) is 6.08 Å². The number of rotatable bonds is 4. The van der Waals surface area contributed by atoms with Crippen molar-refractivity contribution >= 4 is 17.5 Å². The molecule has 118 valence electrons. The topological polar surface area (TPSA) is 29.5 Å². The molecule has 1 heterocycles. The fraction of sp³-hybridized carbons (Fsp3) is 0.250. The summed E-state index contributed by atoms with van der Waals surface area (Å²) in [6.45, 7) is 5.39. The lowest BCUT2D eigenvalue weighted by Gasteiger charge is -2.28. The molecule has 0 aliphatic carbocycles. The van der Waals surface area contributed by atoms with Crippen LogP contribution in [0.1, 0.15) is 21.5 Å². The van der Waals surface area contributed by atoms with Gasteiger partial charge in [0.05, 0.1) is 13.2 Å². The molecule has 0 saturated carbocycles. The summed E-state index contributed by atoms with van der Waals surface area (Å²) in [5.41, 5.74) is 4.00. The Hall–Kier alpha value is -2.39. The van der Waals surface area contributed by atoms with Gasteiger partial charge in [-0.15, -0.1) is 0 Å². The van der Waals surface area contributed by atoms with Gasteiger partial charge in [0.1, 0.15) is 0 Å². The number of hydrogen-bond acceptors (Lipinski definition) is 3. The molecule has 1 saturated heterocycles. The highest BCUT2D eigenvalue weighted by Gasteiger charge is 2.10. The van der Waals surface area contributed by atoms with Gasteiger partial charge in [-0.1, -0.05) is 42.5 Å². The highest BCUT2D eigenvalue weighted by molar-refractivity contribution is 6.07. The number of ether oxygens (including phenoxy) is 1. The highest BCUT2D eigenvalue weighted by Crippen LogP contribution is 2.17. The molecule has 1 aliphatic heterocycles. The molecule has 3 nitrogen and oxygen atoms in total. The van der Waals surface area contributed by atoms with Crippen molar-refractivity contribution in [2.75, 3.05) is 31.2 Å². The molecule has 0 atom stereocenters. The van der Waals surface area contributed by atoms with Crippen molar-refractivity contribution < 1.29 is 9.53 Å². The number of carbonyl (C=O) groups excluding carboxylic acids is 1. The van der Waals surface area contributed by atoms with Crippen LogP contribution < -0.4 is 4.90 Å². The molecule has 0 aromatic heterocycles. The largest absolute Gasteiger partial charge is 0.378 e. The first-order valence-corrected chi connectivity index (χ1v) is 7.95. The number of aryl methyl sites for hydroxylation is 1. The van der Waals surface area contributed by atoms with Crippen LogP contribution in [0.15, 0.2) is 54.6 Å². The number of nitrogens with zero attached hydrogens (tertiary/aromatic N) is 1. The second-order valence-electron chi connectivity index (χ2n) is 5.70. The molecule has 0 bridgehead atoms. The summed E-state index contributed by atoms with van der Waals surface area (Å²) in [7, 11) is 0. The Balaban J connectivity index is 1.68. The summed E-state index contributed by atoms with van der Waals surface area (Å²) in [4.78, 5) is 14.6. The average molecular weight is 307 g/mol. The van der Waals surface area contributed by atoms with E-state index in [-0.39, 0.29) is 5.78 Å². The monoisotopic (exact) mass is 307 g/mol. The van der Waals surface area contributed by atoms with Crippen LogP contribution >= 0.6 is 0 Å². The highest BCUT2D eigenvalue weighted by atomic mass is 16.5. The summed E-state index contributed by atoms with van der Waals surface area (Å²) in [5, 5.41) is 0. The van der Waals surface area contributed by atoms with E-state index in [4.69, 9.17) is 4.74 Å². The number of morpholine rings is 1. The second-order valence-corrected chi connectivity index (χ2v) is 5.70. The summed E-state index contributed by atoms with van der Waals surface area (Å²) < 4.78 is 5.37. The first-order chi connectivity index (χ1) is 11.2. The lowest BCUT2D eigenvalue weighted by molar-refractivity contribution is 0.104. The minimum absolute atomic E-state index is 0.0420. The Labute approximate surface area is 137 Å². The zero-order valence-electron chi connectivity index (χ0n) is 13.4. The van der Waals surface area contributed by atoms with E-state index in [1.807, 2.05) is 49.4 Å². The van der Waals surface area contributed by atoms with Crippen molar-refractivity contribution in [1.29, 1.82) is 0 Å². The van der Waals surface area contributed by atoms with Crippen LogP contribution in [0.2, 0.25) is 0 Å². The van der Waals surface area contributed by atoms with Crippen LogP contribution in [-0.2, 0) is 4.74 Å². The summed E-state index contributed by atoms with van der Waals surface area (Å²) in [5.74, 6) is 0.0420. The quantitative estimate of drug-likeness (QED) is 0.637. The van der Waals surface area contributed by atoms with Crippen LogP contribution in [0.5, 0.6) is 0 Å². The molecular formula is C20H21NO2. The minimum Gasteiger partial charge on any atom is -0.378 e. The van der Waals surface area contributed by atoms with Gasteiger partial charge in [-0.05, 0) is 36.3 Å². The number of benzene rings is 2. The molecule has 0 radical (unpaired) electrons. The van der Waals surface area contributed by atoms with Gasteiger partial charge in [0.2, 0.25) is 0 Å². The Morgan fingerprint density at radius 1 is 1.04 bits per heavy atom. The molecule has 0 spiro atoms. The molecule has 0 amide bonds. The number of ketones is 1. The molecule has 2 aromatic rings. The molecule has 3 heteroatoms. The summed E-state index contributed by atoms with van der Waals surface area (Å²) >= 11 is 0. The Bertz CT molecular complexity index is 698. The van der Waals surface area contributed by atoms with Crippen LogP contribution in [0, 0.1) is 6.92 Å². The third-order valence-electron chi connectivity index (χ3n) is 4.11. The zero-order valence-corrected chi connectivity index (χ0v) is 13.4. The molecule has 1 fully saturated rings. The molecule has 0 N–H and O–H groups in total. The Morgan fingerprint density at radius 2 is 1.74 bits per heavy atom. The standard InChI is InChI=1S/C20H21NO2/c1-16-4-2-3-5-19(16)20(22)11-8-17-6-9-18(10-7-17)21-12-14-23-15-13-21/h2-11H,12-15H2,1H3/b11-8+. The van der Waals surface area contributed by atoms with Gasteiger partial charge in [0.25, 0.3) is 0 Å². The van der Waals surface area contributed by atoms with Gasteiger partial charge in [-0.2, -0.15) is 0 Å². The normalized spacial score (nSPS) is 15.1. The molecule has 1 aliphatic rings. The van der Waals surface area contributed by atoms with Crippen molar-refractivity contribution in [3.8, 4) is 0 Å². The molecule has 2 aromatic carbocycles. The number of hydrogen-bond donors (Lipinski definition) is 0. The van der Waals surface area contributed by atoms with Crippen LogP contribution in [0.4, 0.5) is 5.69 Å².